The van der Waals surface area contributed by atoms with E-state index in [1.165, 1.54) is 20.3 Å². The maximum atomic E-state index is 13.5. The normalized spacial score (nSPS) is 19.0. The Morgan fingerprint density at radius 2 is 1.78 bits per heavy atom. The molecule has 1 aromatic carbocycles. The Hall–Kier alpha value is -2.53. The number of ether oxygens (including phenoxy) is 3. The lowest BCUT2D eigenvalue weighted by Crippen LogP contribution is -2.48. The van der Waals surface area contributed by atoms with Crippen LogP contribution in [0.25, 0.3) is 11.3 Å². The lowest BCUT2D eigenvalue weighted by molar-refractivity contribution is -0.141. The molecule has 0 unspecified atom stereocenters. The van der Waals surface area contributed by atoms with E-state index in [-0.39, 0.29) is 34.7 Å². The molecular formula is C21H24F3N3O4S. The van der Waals surface area contributed by atoms with Crippen LogP contribution in [0.15, 0.2) is 29.4 Å². The fourth-order valence-corrected chi connectivity index (χ4v) is 4.14. The van der Waals surface area contributed by atoms with Crippen LogP contribution in [0, 0.1) is 0 Å². The predicted octanol–water partition coefficient (Wildman–Crippen LogP) is 3.91. The minimum absolute atomic E-state index is 0.0665. The van der Waals surface area contributed by atoms with Gasteiger partial charge in [0.05, 0.1) is 37.9 Å². The van der Waals surface area contributed by atoms with Gasteiger partial charge in [0.1, 0.15) is 5.69 Å². The van der Waals surface area contributed by atoms with Gasteiger partial charge in [0, 0.05) is 18.7 Å². The quantitative estimate of drug-likeness (QED) is 0.467. The van der Waals surface area contributed by atoms with E-state index < -0.39 is 11.9 Å². The highest BCUT2D eigenvalue weighted by Crippen LogP contribution is 2.35. The number of aromatic nitrogens is 2. The Bertz CT molecular complexity index is 964. The highest BCUT2D eigenvalue weighted by molar-refractivity contribution is 7.99. The Kier molecular flexibility index (Phi) is 7.50. The van der Waals surface area contributed by atoms with Gasteiger partial charge in [-0.2, -0.15) is 13.2 Å². The highest BCUT2D eigenvalue weighted by atomic mass is 32.2. The number of carbonyl (C=O) groups is 1. The lowest BCUT2D eigenvalue weighted by atomic mass is 10.1. The Morgan fingerprint density at radius 1 is 1.12 bits per heavy atom. The van der Waals surface area contributed by atoms with Crippen molar-refractivity contribution in [2.75, 3.05) is 33.1 Å². The topological polar surface area (TPSA) is 73.8 Å². The number of rotatable bonds is 6. The SMILES string of the molecule is COc1ccc(-c2cc(C(F)(F)F)nc(SCC(=O)N3C[C@H](C)O[C@@H](C)C3)n2)cc1OC. The second-order valence-corrected chi connectivity index (χ2v) is 8.28. The van der Waals surface area contributed by atoms with Crippen LogP contribution in [0.4, 0.5) is 13.2 Å². The Balaban J connectivity index is 1.86. The van der Waals surface area contributed by atoms with Gasteiger partial charge in [-0.25, -0.2) is 9.97 Å². The van der Waals surface area contributed by atoms with E-state index in [9.17, 15) is 18.0 Å². The van der Waals surface area contributed by atoms with Crippen molar-refractivity contribution in [1.29, 1.82) is 0 Å². The van der Waals surface area contributed by atoms with Crippen LogP contribution in [0.2, 0.25) is 0 Å². The molecule has 1 saturated heterocycles. The third-order valence-electron chi connectivity index (χ3n) is 4.77. The molecule has 0 saturated carbocycles. The first-order chi connectivity index (χ1) is 15.1. The molecule has 7 nitrogen and oxygen atoms in total. The molecule has 0 spiro atoms. The molecular weight excluding hydrogens is 447 g/mol. The molecule has 0 radical (unpaired) electrons. The maximum Gasteiger partial charge on any atom is 0.433 e. The molecule has 1 fully saturated rings. The summed E-state index contributed by atoms with van der Waals surface area (Å²) >= 11 is 0.871. The van der Waals surface area contributed by atoms with Gasteiger partial charge in [-0.3, -0.25) is 4.79 Å². The average molecular weight is 472 g/mol. The molecule has 0 N–H and O–H groups in total. The van der Waals surface area contributed by atoms with Gasteiger partial charge in [0.25, 0.3) is 0 Å². The van der Waals surface area contributed by atoms with Crippen molar-refractivity contribution in [2.45, 2.75) is 37.4 Å². The fourth-order valence-electron chi connectivity index (χ4n) is 3.38. The molecule has 2 heterocycles. The van der Waals surface area contributed by atoms with E-state index in [0.717, 1.165) is 17.8 Å². The summed E-state index contributed by atoms with van der Waals surface area (Å²) in [4.78, 5) is 22.1. The van der Waals surface area contributed by atoms with Gasteiger partial charge in [0.15, 0.2) is 16.7 Å². The van der Waals surface area contributed by atoms with Gasteiger partial charge in [-0.1, -0.05) is 11.8 Å². The fraction of sp³-hybridized carbons (Fsp3) is 0.476. The van der Waals surface area contributed by atoms with Gasteiger partial charge >= 0.3 is 6.18 Å². The third-order valence-corrected chi connectivity index (χ3v) is 5.60. The molecule has 1 amide bonds. The zero-order valence-corrected chi connectivity index (χ0v) is 18.9. The predicted molar refractivity (Wildman–Crippen MR) is 113 cm³/mol. The lowest BCUT2D eigenvalue weighted by Gasteiger charge is -2.35. The van der Waals surface area contributed by atoms with E-state index >= 15 is 0 Å². The van der Waals surface area contributed by atoms with Crippen LogP contribution in [-0.2, 0) is 15.7 Å². The molecule has 32 heavy (non-hydrogen) atoms. The summed E-state index contributed by atoms with van der Waals surface area (Å²) < 4.78 is 56.4. The second kappa shape index (κ2) is 9.95. The monoisotopic (exact) mass is 471 g/mol. The van der Waals surface area contributed by atoms with Crippen LogP contribution in [0.3, 0.4) is 0 Å². The molecule has 3 rings (SSSR count). The molecule has 1 aliphatic heterocycles. The Labute approximate surface area is 188 Å². The zero-order valence-electron chi connectivity index (χ0n) is 18.1. The zero-order chi connectivity index (χ0) is 23.5. The number of thioether (sulfide) groups is 1. The van der Waals surface area contributed by atoms with Crippen molar-refractivity contribution in [3.63, 3.8) is 0 Å². The van der Waals surface area contributed by atoms with E-state index in [4.69, 9.17) is 14.2 Å². The van der Waals surface area contributed by atoms with E-state index in [1.54, 1.807) is 17.0 Å². The summed E-state index contributed by atoms with van der Waals surface area (Å²) in [5, 5.41) is -0.132. The largest absolute Gasteiger partial charge is 0.493 e. The van der Waals surface area contributed by atoms with Crippen LogP contribution < -0.4 is 9.47 Å². The third kappa shape index (κ3) is 5.83. The molecule has 11 heteroatoms. The summed E-state index contributed by atoms with van der Waals surface area (Å²) in [5.74, 6) is 0.518. The van der Waals surface area contributed by atoms with Crippen LogP contribution >= 0.6 is 11.8 Å². The number of benzene rings is 1. The van der Waals surface area contributed by atoms with E-state index in [0.29, 0.717) is 30.2 Å². The number of hydrogen-bond acceptors (Lipinski definition) is 7. The van der Waals surface area contributed by atoms with E-state index in [1.807, 2.05) is 13.8 Å². The molecule has 1 aromatic heterocycles. The van der Waals surface area contributed by atoms with E-state index in [2.05, 4.69) is 9.97 Å². The van der Waals surface area contributed by atoms with Crippen molar-refractivity contribution in [2.24, 2.45) is 0 Å². The summed E-state index contributed by atoms with van der Waals surface area (Å²) in [6, 6.07) is 5.58. The number of amides is 1. The Morgan fingerprint density at radius 3 is 2.38 bits per heavy atom. The van der Waals surface area contributed by atoms with Crippen molar-refractivity contribution in [1.82, 2.24) is 14.9 Å². The average Bonchev–Trinajstić information content (AvgIpc) is 2.75. The molecule has 0 bridgehead atoms. The second-order valence-electron chi connectivity index (χ2n) is 7.33. The highest BCUT2D eigenvalue weighted by Gasteiger charge is 2.34. The smallest absolute Gasteiger partial charge is 0.433 e. The van der Waals surface area contributed by atoms with Crippen molar-refractivity contribution < 1.29 is 32.2 Å². The number of morpholine rings is 1. The summed E-state index contributed by atoms with van der Waals surface area (Å²) in [5.41, 5.74) is -0.614. The van der Waals surface area contributed by atoms with Gasteiger partial charge < -0.3 is 19.1 Å². The van der Waals surface area contributed by atoms with Gasteiger partial charge in [-0.15, -0.1) is 0 Å². The number of methoxy groups -OCH3 is 2. The summed E-state index contributed by atoms with van der Waals surface area (Å²) in [6.45, 7) is 4.61. The number of carbonyl (C=O) groups excluding carboxylic acids is 1. The summed E-state index contributed by atoms with van der Waals surface area (Å²) in [6.07, 6.45) is -4.87. The minimum atomic E-state index is -4.66. The number of nitrogens with zero attached hydrogens (tertiary/aromatic N) is 3. The summed E-state index contributed by atoms with van der Waals surface area (Å²) in [7, 11) is 2.90. The molecule has 174 valence electrons. The molecule has 1 aliphatic rings. The van der Waals surface area contributed by atoms with Crippen molar-refractivity contribution in [3.05, 3.63) is 30.0 Å². The molecule has 2 aromatic rings. The first-order valence-corrected chi connectivity index (χ1v) is 10.8. The van der Waals surface area contributed by atoms with Crippen LogP contribution in [0.5, 0.6) is 11.5 Å². The van der Waals surface area contributed by atoms with Crippen molar-refractivity contribution in [3.8, 4) is 22.8 Å². The first-order valence-electron chi connectivity index (χ1n) is 9.85. The number of hydrogen-bond donors (Lipinski definition) is 0. The number of halogens is 3. The van der Waals surface area contributed by atoms with Crippen LogP contribution in [-0.4, -0.2) is 66.0 Å². The standard InChI is InChI=1S/C21H24F3N3O4S/c1-12-9-27(10-13(2)31-12)19(28)11-32-20-25-15(8-18(26-20)21(22,23)24)14-5-6-16(29-3)17(7-14)30-4/h5-8,12-13H,9-11H2,1-4H3/t12-,13-/m0/s1. The number of alkyl halides is 3. The first kappa shape index (κ1) is 24.1. The molecule has 2 atom stereocenters. The van der Waals surface area contributed by atoms with Crippen molar-refractivity contribution >= 4 is 17.7 Å². The van der Waals surface area contributed by atoms with Crippen LogP contribution in [0.1, 0.15) is 19.5 Å². The van der Waals surface area contributed by atoms with Gasteiger partial charge in [0.2, 0.25) is 5.91 Å². The maximum absolute atomic E-state index is 13.5. The molecule has 0 aliphatic carbocycles. The van der Waals surface area contributed by atoms with Gasteiger partial charge in [-0.05, 0) is 38.1 Å². The minimum Gasteiger partial charge on any atom is -0.493 e.